The molecule has 0 aliphatic rings. The molecule has 158 valence electrons. The number of allylic oxidation sites excluding steroid dienone is 1. The lowest BCUT2D eigenvalue weighted by atomic mass is 10.2. The summed E-state index contributed by atoms with van der Waals surface area (Å²) in [5.74, 6) is 0.787. The molecule has 0 radical (unpaired) electrons. The highest BCUT2D eigenvalue weighted by atomic mass is 32.2. The van der Waals surface area contributed by atoms with E-state index >= 15 is 0 Å². The van der Waals surface area contributed by atoms with Gasteiger partial charge in [0.25, 0.3) is 0 Å². The van der Waals surface area contributed by atoms with Crippen molar-refractivity contribution in [1.82, 2.24) is 14.9 Å². The van der Waals surface area contributed by atoms with Crippen LogP contribution in [0.25, 0.3) is 0 Å². The van der Waals surface area contributed by atoms with Crippen molar-refractivity contribution >= 4 is 16.0 Å². The van der Waals surface area contributed by atoms with Crippen LogP contribution in [-0.4, -0.2) is 60.2 Å². The van der Waals surface area contributed by atoms with E-state index in [0.29, 0.717) is 13.2 Å². The molecule has 0 aromatic heterocycles. The summed E-state index contributed by atoms with van der Waals surface area (Å²) in [6.07, 6.45) is 6.40. The number of aliphatic imine (C=N–C) groups is 1. The third-order valence-corrected chi connectivity index (χ3v) is 5.69. The molecule has 1 aromatic carbocycles. The van der Waals surface area contributed by atoms with Crippen LogP contribution in [0.3, 0.4) is 0 Å². The second kappa shape index (κ2) is 13.3. The second-order valence-electron chi connectivity index (χ2n) is 6.50. The van der Waals surface area contributed by atoms with E-state index in [1.807, 2.05) is 19.2 Å². The molecule has 7 nitrogen and oxygen atoms in total. The number of ether oxygens (including phenoxy) is 1. The van der Waals surface area contributed by atoms with Gasteiger partial charge in [0.1, 0.15) is 0 Å². The van der Waals surface area contributed by atoms with Crippen LogP contribution >= 0.6 is 0 Å². The van der Waals surface area contributed by atoms with E-state index in [9.17, 15) is 8.42 Å². The fourth-order valence-electron chi connectivity index (χ4n) is 2.67. The SMILES string of the molecule is C=CCCCCCN(C)C(=NC)NCc1cccc(S(=O)(=O)NCCOC)c1. The highest BCUT2D eigenvalue weighted by molar-refractivity contribution is 7.89. The molecule has 28 heavy (non-hydrogen) atoms. The standard InChI is InChI=1S/C20H34N4O3S/c1-5-6-7-8-9-14-24(3)20(21-2)22-17-18-11-10-12-19(16-18)28(25,26)23-13-15-27-4/h5,10-12,16,23H,1,6-9,13-15,17H2,2-4H3,(H,21,22). The molecular formula is C20H34N4O3S. The minimum absolute atomic E-state index is 0.242. The van der Waals surface area contributed by atoms with Crippen molar-refractivity contribution < 1.29 is 13.2 Å². The van der Waals surface area contributed by atoms with Gasteiger partial charge in [-0.25, -0.2) is 13.1 Å². The Kier molecular flexibility index (Phi) is 11.5. The lowest BCUT2D eigenvalue weighted by Gasteiger charge is -2.22. The molecule has 0 spiro atoms. The Morgan fingerprint density at radius 2 is 2.11 bits per heavy atom. The lowest BCUT2D eigenvalue weighted by molar-refractivity contribution is 0.204. The van der Waals surface area contributed by atoms with Crippen LogP contribution < -0.4 is 10.0 Å². The fraction of sp³-hybridized carbons (Fsp3) is 0.550. The molecule has 0 fully saturated rings. The van der Waals surface area contributed by atoms with Crippen molar-refractivity contribution in [2.45, 2.75) is 37.1 Å². The predicted octanol–water partition coefficient (Wildman–Crippen LogP) is 2.36. The fourth-order valence-corrected chi connectivity index (χ4v) is 3.75. The largest absolute Gasteiger partial charge is 0.383 e. The number of nitrogens with one attached hydrogen (secondary N) is 2. The summed E-state index contributed by atoms with van der Waals surface area (Å²) in [5.41, 5.74) is 0.871. The highest BCUT2D eigenvalue weighted by Gasteiger charge is 2.14. The summed E-state index contributed by atoms with van der Waals surface area (Å²) in [6, 6.07) is 6.89. The molecule has 0 bridgehead atoms. The Hall–Kier alpha value is -1.90. The quantitative estimate of drug-likeness (QED) is 0.226. The molecule has 8 heteroatoms. The van der Waals surface area contributed by atoms with Crippen molar-refractivity contribution in [3.63, 3.8) is 0 Å². The smallest absolute Gasteiger partial charge is 0.240 e. The van der Waals surface area contributed by atoms with Gasteiger partial charge in [-0.05, 0) is 37.0 Å². The number of methoxy groups -OCH3 is 1. The maximum atomic E-state index is 12.3. The maximum Gasteiger partial charge on any atom is 0.240 e. The Balaban J connectivity index is 2.59. The molecule has 0 heterocycles. The van der Waals surface area contributed by atoms with Crippen LogP contribution in [0.15, 0.2) is 46.8 Å². The topological polar surface area (TPSA) is 83.0 Å². The molecule has 2 N–H and O–H groups in total. The minimum atomic E-state index is -3.54. The molecule has 1 aromatic rings. The van der Waals surface area contributed by atoms with Crippen LogP contribution in [0.5, 0.6) is 0 Å². The molecule has 0 aliphatic carbocycles. The number of unbranched alkanes of at least 4 members (excludes halogenated alkanes) is 3. The first-order valence-corrected chi connectivity index (χ1v) is 11.0. The number of nitrogens with zero attached hydrogens (tertiary/aromatic N) is 2. The Bertz CT molecular complexity index is 720. The zero-order valence-electron chi connectivity index (χ0n) is 17.3. The Morgan fingerprint density at radius 3 is 2.79 bits per heavy atom. The van der Waals surface area contributed by atoms with Gasteiger partial charge in [-0.3, -0.25) is 4.99 Å². The Morgan fingerprint density at radius 1 is 1.32 bits per heavy atom. The van der Waals surface area contributed by atoms with E-state index in [4.69, 9.17) is 4.74 Å². The molecule has 0 atom stereocenters. The summed E-state index contributed by atoms with van der Waals surface area (Å²) < 4.78 is 32.1. The molecule has 1 rings (SSSR count). The summed E-state index contributed by atoms with van der Waals surface area (Å²) in [6.45, 7) is 5.72. The monoisotopic (exact) mass is 410 g/mol. The molecular weight excluding hydrogens is 376 g/mol. The van der Waals surface area contributed by atoms with Gasteiger partial charge in [-0.15, -0.1) is 6.58 Å². The van der Waals surface area contributed by atoms with Gasteiger partial charge in [0.15, 0.2) is 5.96 Å². The van der Waals surface area contributed by atoms with Crippen LogP contribution in [0.1, 0.15) is 31.2 Å². The first-order chi connectivity index (χ1) is 13.4. The first kappa shape index (κ1) is 24.1. The zero-order valence-corrected chi connectivity index (χ0v) is 18.1. The maximum absolute atomic E-state index is 12.3. The molecule has 0 unspecified atom stereocenters. The van der Waals surface area contributed by atoms with Crippen LogP contribution in [0.2, 0.25) is 0 Å². The summed E-state index contributed by atoms with van der Waals surface area (Å²) in [4.78, 5) is 6.64. The average Bonchev–Trinajstić information content (AvgIpc) is 2.68. The van der Waals surface area contributed by atoms with Crippen LogP contribution in [0, 0.1) is 0 Å². The van der Waals surface area contributed by atoms with Gasteiger partial charge >= 0.3 is 0 Å². The van der Waals surface area contributed by atoms with E-state index in [0.717, 1.165) is 43.8 Å². The first-order valence-electron chi connectivity index (χ1n) is 9.54. The van der Waals surface area contributed by atoms with E-state index in [2.05, 4.69) is 26.5 Å². The number of guanidine groups is 1. The summed E-state index contributed by atoms with van der Waals surface area (Å²) >= 11 is 0. The van der Waals surface area contributed by atoms with Gasteiger partial charge in [-0.2, -0.15) is 0 Å². The van der Waals surface area contributed by atoms with Gasteiger partial charge in [0.2, 0.25) is 10.0 Å². The molecule has 0 amide bonds. The van der Waals surface area contributed by atoms with Crippen molar-refractivity contribution in [2.24, 2.45) is 4.99 Å². The van der Waals surface area contributed by atoms with Crippen molar-refractivity contribution in [3.8, 4) is 0 Å². The normalized spacial score (nSPS) is 12.0. The van der Waals surface area contributed by atoms with Gasteiger partial charge in [-0.1, -0.05) is 24.6 Å². The van der Waals surface area contributed by atoms with Gasteiger partial charge < -0.3 is 15.0 Å². The zero-order chi connectivity index (χ0) is 20.8. The van der Waals surface area contributed by atoms with Gasteiger partial charge in [0, 0.05) is 40.8 Å². The van der Waals surface area contributed by atoms with Crippen molar-refractivity contribution in [1.29, 1.82) is 0 Å². The predicted molar refractivity (Wildman–Crippen MR) is 115 cm³/mol. The van der Waals surface area contributed by atoms with E-state index in [-0.39, 0.29) is 11.4 Å². The minimum Gasteiger partial charge on any atom is -0.383 e. The van der Waals surface area contributed by atoms with E-state index < -0.39 is 10.0 Å². The number of sulfonamides is 1. The number of benzene rings is 1. The third kappa shape index (κ3) is 8.86. The lowest BCUT2D eigenvalue weighted by Crippen LogP contribution is -2.39. The number of rotatable bonds is 13. The number of hydrogen-bond acceptors (Lipinski definition) is 4. The van der Waals surface area contributed by atoms with E-state index in [1.165, 1.54) is 7.11 Å². The van der Waals surface area contributed by atoms with Crippen LogP contribution in [-0.2, 0) is 21.3 Å². The molecule has 0 aliphatic heterocycles. The molecule has 0 saturated carbocycles. The van der Waals surface area contributed by atoms with Gasteiger partial charge in [0.05, 0.1) is 11.5 Å². The second-order valence-corrected chi connectivity index (χ2v) is 8.27. The third-order valence-electron chi connectivity index (χ3n) is 4.23. The summed E-state index contributed by atoms with van der Waals surface area (Å²) in [5, 5.41) is 3.29. The Labute approximate surface area is 169 Å². The highest BCUT2D eigenvalue weighted by Crippen LogP contribution is 2.11. The average molecular weight is 411 g/mol. The van der Waals surface area contributed by atoms with E-state index in [1.54, 1.807) is 25.2 Å². The van der Waals surface area contributed by atoms with Crippen LogP contribution in [0.4, 0.5) is 0 Å². The number of hydrogen-bond donors (Lipinski definition) is 2. The molecule has 0 saturated heterocycles. The summed E-state index contributed by atoms with van der Waals surface area (Å²) in [7, 11) is 1.74. The van der Waals surface area contributed by atoms with Crippen molar-refractivity contribution in [3.05, 3.63) is 42.5 Å². The van der Waals surface area contributed by atoms with Crippen molar-refractivity contribution in [2.75, 3.05) is 40.9 Å².